The van der Waals surface area contributed by atoms with Crippen LogP contribution in [-0.4, -0.2) is 21.2 Å². The molecule has 0 aliphatic rings. The van der Waals surface area contributed by atoms with Gasteiger partial charge in [0.1, 0.15) is 0 Å². The number of benzene rings is 1. The highest BCUT2D eigenvalue weighted by atomic mass is 32.2. The first-order valence-electron chi connectivity index (χ1n) is 5.21. The molecule has 1 aromatic rings. The first-order valence-corrected chi connectivity index (χ1v) is 7.10. The van der Waals surface area contributed by atoms with Gasteiger partial charge in [-0.1, -0.05) is 6.07 Å². The van der Waals surface area contributed by atoms with E-state index in [0.29, 0.717) is 17.5 Å². The molecule has 0 amide bonds. The van der Waals surface area contributed by atoms with Gasteiger partial charge in [-0.2, -0.15) is 13.2 Å². The summed E-state index contributed by atoms with van der Waals surface area (Å²) in [5.74, 6) is 0. The van der Waals surface area contributed by atoms with Crippen LogP contribution in [0.5, 0.6) is 0 Å². The smallest absolute Gasteiger partial charge is 0.215 e. The normalized spacial score (nSPS) is 12.7. The molecule has 0 bridgehead atoms. The van der Waals surface area contributed by atoms with Gasteiger partial charge in [-0.3, -0.25) is 0 Å². The van der Waals surface area contributed by atoms with Crippen LogP contribution in [0.2, 0.25) is 0 Å². The minimum Gasteiger partial charge on any atom is -0.215 e. The summed E-state index contributed by atoms with van der Waals surface area (Å²) in [4.78, 5) is 0. The largest absolute Gasteiger partial charge is 0.416 e. The maximum atomic E-state index is 12.4. The Bertz CT molecular complexity index is 524. The van der Waals surface area contributed by atoms with Crippen LogP contribution in [0.25, 0.3) is 0 Å². The standard InChI is InChI=1S/C11H14F3NO2S/c1-8-7-10(11(12,13)14)4-3-9(8)5-6-15-18(2,16)17/h3-4,7,15H,5-6H2,1-2H3. The summed E-state index contributed by atoms with van der Waals surface area (Å²) in [5, 5.41) is 0. The summed E-state index contributed by atoms with van der Waals surface area (Å²) in [7, 11) is -3.27. The van der Waals surface area contributed by atoms with E-state index >= 15 is 0 Å². The van der Waals surface area contributed by atoms with Gasteiger partial charge in [-0.15, -0.1) is 0 Å². The minimum atomic E-state index is -4.35. The van der Waals surface area contributed by atoms with Crippen molar-refractivity contribution in [2.75, 3.05) is 12.8 Å². The molecule has 0 aliphatic heterocycles. The second-order valence-corrected chi connectivity index (χ2v) is 5.89. The van der Waals surface area contributed by atoms with E-state index in [4.69, 9.17) is 0 Å². The molecule has 7 heteroatoms. The molecule has 18 heavy (non-hydrogen) atoms. The second kappa shape index (κ2) is 5.27. The zero-order chi connectivity index (χ0) is 14.0. The van der Waals surface area contributed by atoms with Gasteiger partial charge in [0.05, 0.1) is 11.8 Å². The summed E-state index contributed by atoms with van der Waals surface area (Å²) < 4.78 is 61.2. The number of halogens is 3. The van der Waals surface area contributed by atoms with E-state index in [1.54, 1.807) is 6.92 Å². The van der Waals surface area contributed by atoms with E-state index in [1.165, 1.54) is 6.07 Å². The third kappa shape index (κ3) is 4.66. The van der Waals surface area contributed by atoms with Crippen molar-refractivity contribution in [3.63, 3.8) is 0 Å². The number of sulfonamides is 1. The van der Waals surface area contributed by atoms with Crippen LogP contribution in [0.1, 0.15) is 16.7 Å². The monoisotopic (exact) mass is 281 g/mol. The van der Waals surface area contributed by atoms with Gasteiger partial charge < -0.3 is 0 Å². The SMILES string of the molecule is Cc1cc(C(F)(F)F)ccc1CCNS(C)(=O)=O. The Kier molecular flexibility index (Phi) is 4.39. The first-order chi connectivity index (χ1) is 8.09. The van der Waals surface area contributed by atoms with Crippen LogP contribution in [0.15, 0.2) is 18.2 Å². The summed E-state index contributed by atoms with van der Waals surface area (Å²) >= 11 is 0. The van der Waals surface area contributed by atoms with Crippen LogP contribution < -0.4 is 4.72 Å². The topological polar surface area (TPSA) is 46.2 Å². The number of nitrogens with one attached hydrogen (secondary N) is 1. The van der Waals surface area contributed by atoms with Gasteiger partial charge >= 0.3 is 6.18 Å². The molecule has 3 nitrogen and oxygen atoms in total. The summed E-state index contributed by atoms with van der Waals surface area (Å²) in [6.07, 6.45) is -2.96. The van der Waals surface area contributed by atoms with Crippen molar-refractivity contribution < 1.29 is 21.6 Å². The minimum absolute atomic E-state index is 0.172. The molecule has 0 radical (unpaired) electrons. The highest BCUT2D eigenvalue weighted by Crippen LogP contribution is 2.30. The van der Waals surface area contributed by atoms with Gasteiger partial charge in [-0.05, 0) is 36.6 Å². The molecule has 1 N–H and O–H groups in total. The van der Waals surface area contributed by atoms with Crippen LogP contribution in [0.3, 0.4) is 0 Å². The lowest BCUT2D eigenvalue weighted by molar-refractivity contribution is -0.137. The Labute approximate surface area is 104 Å². The number of hydrogen-bond donors (Lipinski definition) is 1. The zero-order valence-electron chi connectivity index (χ0n) is 10.0. The molecule has 0 spiro atoms. The Morgan fingerprint density at radius 2 is 1.89 bits per heavy atom. The number of alkyl halides is 3. The van der Waals surface area contributed by atoms with Crippen molar-refractivity contribution in [1.82, 2.24) is 4.72 Å². The average molecular weight is 281 g/mol. The van der Waals surface area contributed by atoms with E-state index in [9.17, 15) is 21.6 Å². The number of hydrogen-bond acceptors (Lipinski definition) is 2. The maximum absolute atomic E-state index is 12.4. The molecule has 0 atom stereocenters. The summed E-state index contributed by atoms with van der Waals surface area (Å²) in [6, 6.07) is 3.45. The lowest BCUT2D eigenvalue weighted by atomic mass is 10.0. The number of rotatable bonds is 4. The molecular formula is C11H14F3NO2S. The Balaban J connectivity index is 2.75. The molecule has 102 valence electrons. The molecule has 1 rings (SSSR count). The van der Waals surface area contributed by atoms with Crippen LogP contribution >= 0.6 is 0 Å². The predicted molar refractivity (Wildman–Crippen MR) is 62.7 cm³/mol. The Morgan fingerprint density at radius 3 is 2.33 bits per heavy atom. The predicted octanol–water partition coefficient (Wildman–Crippen LogP) is 2.11. The third-order valence-electron chi connectivity index (χ3n) is 2.43. The van der Waals surface area contributed by atoms with E-state index in [-0.39, 0.29) is 6.54 Å². The quantitative estimate of drug-likeness (QED) is 0.918. The molecule has 0 unspecified atom stereocenters. The first kappa shape index (κ1) is 15.0. The van der Waals surface area contributed by atoms with Gasteiger partial charge in [0.25, 0.3) is 0 Å². The van der Waals surface area contributed by atoms with E-state index in [1.807, 2.05) is 0 Å². The van der Waals surface area contributed by atoms with Crippen LogP contribution in [0, 0.1) is 6.92 Å². The lowest BCUT2D eigenvalue weighted by Gasteiger charge is -2.11. The molecule has 0 fully saturated rings. The van der Waals surface area contributed by atoms with E-state index < -0.39 is 21.8 Å². The Hall–Kier alpha value is -1.08. The fourth-order valence-electron chi connectivity index (χ4n) is 1.52. The molecule has 0 aromatic heterocycles. The van der Waals surface area contributed by atoms with Crippen molar-refractivity contribution >= 4 is 10.0 Å². The van der Waals surface area contributed by atoms with Crippen molar-refractivity contribution in [2.45, 2.75) is 19.5 Å². The fraction of sp³-hybridized carbons (Fsp3) is 0.455. The van der Waals surface area contributed by atoms with Crippen LogP contribution in [0.4, 0.5) is 13.2 Å². The average Bonchev–Trinajstić information content (AvgIpc) is 2.17. The van der Waals surface area contributed by atoms with Crippen molar-refractivity contribution in [1.29, 1.82) is 0 Å². The third-order valence-corrected chi connectivity index (χ3v) is 3.16. The summed E-state index contributed by atoms with van der Waals surface area (Å²) in [5.41, 5.74) is 0.499. The van der Waals surface area contributed by atoms with Gasteiger partial charge in [0, 0.05) is 6.54 Å². The lowest BCUT2D eigenvalue weighted by Crippen LogP contribution is -2.24. The van der Waals surface area contributed by atoms with Gasteiger partial charge in [-0.25, -0.2) is 13.1 Å². The van der Waals surface area contributed by atoms with Crippen molar-refractivity contribution in [3.8, 4) is 0 Å². The van der Waals surface area contributed by atoms with Gasteiger partial charge in [0.2, 0.25) is 10.0 Å². The molecule has 0 heterocycles. The van der Waals surface area contributed by atoms with Gasteiger partial charge in [0.15, 0.2) is 0 Å². The zero-order valence-corrected chi connectivity index (χ0v) is 10.8. The Morgan fingerprint density at radius 1 is 1.28 bits per heavy atom. The molecule has 0 saturated carbocycles. The van der Waals surface area contributed by atoms with Crippen molar-refractivity contribution in [3.05, 3.63) is 34.9 Å². The second-order valence-electron chi connectivity index (χ2n) is 4.06. The van der Waals surface area contributed by atoms with Crippen molar-refractivity contribution in [2.24, 2.45) is 0 Å². The molecule has 1 aromatic carbocycles. The number of aryl methyl sites for hydroxylation is 1. The summed E-state index contributed by atoms with van der Waals surface area (Å²) in [6.45, 7) is 1.75. The van der Waals surface area contributed by atoms with E-state index in [0.717, 1.165) is 18.4 Å². The molecule has 0 saturated heterocycles. The van der Waals surface area contributed by atoms with E-state index in [2.05, 4.69) is 4.72 Å². The molecule has 0 aliphatic carbocycles. The highest BCUT2D eigenvalue weighted by molar-refractivity contribution is 7.88. The van der Waals surface area contributed by atoms with Crippen LogP contribution in [-0.2, 0) is 22.6 Å². The fourth-order valence-corrected chi connectivity index (χ4v) is 2.00. The molecular weight excluding hydrogens is 267 g/mol. The maximum Gasteiger partial charge on any atom is 0.416 e. The highest BCUT2D eigenvalue weighted by Gasteiger charge is 2.30.